The minimum Gasteiger partial charge on any atom is -0.344 e. The summed E-state index contributed by atoms with van der Waals surface area (Å²) in [5.74, 6) is 0.877. The number of hydrogen-bond donors (Lipinski definition) is 1. The average molecular weight is 382 g/mol. The summed E-state index contributed by atoms with van der Waals surface area (Å²) in [5, 5.41) is 11.8. The second kappa shape index (κ2) is 7.31. The highest BCUT2D eigenvalue weighted by molar-refractivity contribution is 5.90. The number of aromatic nitrogens is 6. The largest absolute Gasteiger partial charge is 0.344 e. The van der Waals surface area contributed by atoms with Crippen LogP contribution in [0, 0.1) is 19.8 Å². The predicted octanol–water partition coefficient (Wildman–Crippen LogP) is 1.34. The number of fused-ring (bicyclic) bond motifs is 2. The van der Waals surface area contributed by atoms with Crippen molar-refractivity contribution in [3.05, 3.63) is 40.7 Å². The van der Waals surface area contributed by atoms with Crippen molar-refractivity contribution in [2.24, 2.45) is 5.92 Å². The smallest absolute Gasteiger partial charge is 0.291 e. The second-order valence-electron chi connectivity index (χ2n) is 7.85. The maximum absolute atomic E-state index is 12.5. The molecule has 28 heavy (non-hydrogen) atoms. The summed E-state index contributed by atoms with van der Waals surface area (Å²) in [5.41, 5.74) is 3.78. The Morgan fingerprint density at radius 3 is 2.79 bits per heavy atom. The summed E-state index contributed by atoms with van der Waals surface area (Å²) in [7, 11) is 0. The summed E-state index contributed by atoms with van der Waals surface area (Å²) in [6.07, 6.45) is 0. The highest BCUT2D eigenvalue weighted by Crippen LogP contribution is 2.15. The first-order valence-corrected chi connectivity index (χ1v) is 9.66. The van der Waals surface area contributed by atoms with Crippen molar-refractivity contribution in [2.75, 3.05) is 13.1 Å². The van der Waals surface area contributed by atoms with Crippen LogP contribution in [0.25, 0.3) is 5.78 Å². The van der Waals surface area contributed by atoms with Gasteiger partial charge < -0.3 is 5.32 Å². The van der Waals surface area contributed by atoms with Crippen molar-refractivity contribution in [1.82, 2.24) is 39.6 Å². The molecule has 0 aliphatic carbocycles. The van der Waals surface area contributed by atoms with Crippen LogP contribution in [0.4, 0.5) is 0 Å². The molecule has 0 bridgehead atoms. The number of amides is 1. The van der Waals surface area contributed by atoms with E-state index in [1.54, 1.807) is 4.52 Å². The van der Waals surface area contributed by atoms with Crippen LogP contribution in [0.15, 0.2) is 12.1 Å². The van der Waals surface area contributed by atoms with Gasteiger partial charge in [0, 0.05) is 31.0 Å². The molecule has 0 atom stereocenters. The van der Waals surface area contributed by atoms with Crippen molar-refractivity contribution in [3.63, 3.8) is 0 Å². The van der Waals surface area contributed by atoms with E-state index in [9.17, 15) is 4.79 Å². The van der Waals surface area contributed by atoms with Crippen LogP contribution in [0.3, 0.4) is 0 Å². The van der Waals surface area contributed by atoms with E-state index in [1.165, 1.54) is 5.69 Å². The minimum atomic E-state index is -0.324. The van der Waals surface area contributed by atoms with Gasteiger partial charge in [0.15, 0.2) is 0 Å². The first-order valence-electron chi connectivity index (χ1n) is 9.66. The summed E-state index contributed by atoms with van der Waals surface area (Å²) < 4.78 is 3.62. The molecule has 1 aliphatic rings. The van der Waals surface area contributed by atoms with Crippen molar-refractivity contribution >= 4 is 11.7 Å². The zero-order valence-corrected chi connectivity index (χ0v) is 16.8. The lowest BCUT2D eigenvalue weighted by Crippen LogP contribution is -2.36. The van der Waals surface area contributed by atoms with Crippen LogP contribution < -0.4 is 5.32 Å². The number of nitrogens with zero attached hydrogens (tertiary/aromatic N) is 7. The molecule has 4 rings (SSSR count). The Hall–Kier alpha value is -2.81. The van der Waals surface area contributed by atoms with Gasteiger partial charge in [0.25, 0.3) is 11.7 Å². The number of nitrogens with one attached hydrogen (secondary N) is 1. The van der Waals surface area contributed by atoms with Gasteiger partial charge in [-0.1, -0.05) is 13.8 Å². The Balaban J connectivity index is 1.42. The standard InChI is InChI=1S/C19H26N8O/c1-12(2)10-25-5-6-26-16(11-25)8-15(23-26)9-20-18(28)17-22-19-21-13(3)7-14(4)27(19)24-17/h7-8,12H,5-6,9-11H2,1-4H3,(H,20,28). The van der Waals surface area contributed by atoms with E-state index in [4.69, 9.17) is 0 Å². The van der Waals surface area contributed by atoms with E-state index in [1.807, 2.05) is 24.6 Å². The lowest BCUT2D eigenvalue weighted by Gasteiger charge is -2.28. The number of rotatable bonds is 5. The molecule has 4 heterocycles. The molecule has 9 heteroatoms. The van der Waals surface area contributed by atoms with Crippen LogP contribution >= 0.6 is 0 Å². The summed E-state index contributed by atoms with van der Waals surface area (Å²) in [6.45, 7) is 12.5. The number of hydrogen-bond acceptors (Lipinski definition) is 6. The van der Waals surface area contributed by atoms with Gasteiger partial charge >= 0.3 is 0 Å². The Labute approximate surface area is 163 Å². The third kappa shape index (κ3) is 3.75. The third-order valence-corrected chi connectivity index (χ3v) is 4.80. The Morgan fingerprint density at radius 1 is 1.18 bits per heavy atom. The summed E-state index contributed by atoms with van der Waals surface area (Å²) >= 11 is 0. The summed E-state index contributed by atoms with van der Waals surface area (Å²) in [4.78, 5) is 23.5. The van der Waals surface area contributed by atoms with Gasteiger partial charge in [0.2, 0.25) is 5.82 Å². The average Bonchev–Trinajstić information content (AvgIpc) is 3.22. The molecule has 1 aliphatic heterocycles. The van der Waals surface area contributed by atoms with Crippen LogP contribution in [0.5, 0.6) is 0 Å². The molecule has 0 aromatic carbocycles. The minimum absolute atomic E-state index is 0.119. The normalized spacial score (nSPS) is 14.6. The van der Waals surface area contributed by atoms with Gasteiger partial charge in [0.05, 0.1) is 24.5 Å². The van der Waals surface area contributed by atoms with E-state index >= 15 is 0 Å². The highest BCUT2D eigenvalue weighted by atomic mass is 16.2. The van der Waals surface area contributed by atoms with Gasteiger partial charge in [0.1, 0.15) is 0 Å². The van der Waals surface area contributed by atoms with Gasteiger partial charge in [-0.3, -0.25) is 14.4 Å². The molecule has 3 aromatic rings. The van der Waals surface area contributed by atoms with Crippen LogP contribution in [0.1, 0.15) is 47.2 Å². The molecule has 0 saturated carbocycles. The van der Waals surface area contributed by atoms with E-state index in [0.29, 0.717) is 18.2 Å². The van der Waals surface area contributed by atoms with Crippen molar-refractivity contribution in [3.8, 4) is 0 Å². The fraction of sp³-hybridized carbons (Fsp3) is 0.526. The number of aryl methyl sites for hydroxylation is 2. The molecule has 148 valence electrons. The molecule has 0 saturated heterocycles. The zero-order valence-electron chi connectivity index (χ0n) is 16.8. The molecule has 0 fully saturated rings. The Morgan fingerprint density at radius 2 is 2.00 bits per heavy atom. The lowest BCUT2D eigenvalue weighted by atomic mass is 10.2. The quantitative estimate of drug-likeness (QED) is 0.716. The summed E-state index contributed by atoms with van der Waals surface area (Å²) in [6, 6.07) is 3.97. The number of carbonyl (C=O) groups excluding carboxylic acids is 1. The van der Waals surface area contributed by atoms with E-state index < -0.39 is 0 Å². The molecule has 0 unspecified atom stereocenters. The van der Waals surface area contributed by atoms with Crippen molar-refractivity contribution in [1.29, 1.82) is 0 Å². The monoisotopic (exact) mass is 382 g/mol. The molecule has 0 radical (unpaired) electrons. The molecular weight excluding hydrogens is 356 g/mol. The number of carbonyl (C=O) groups is 1. The Kier molecular flexibility index (Phi) is 4.84. The van der Waals surface area contributed by atoms with Gasteiger partial charge in [-0.05, 0) is 31.9 Å². The zero-order chi connectivity index (χ0) is 19.8. The molecule has 9 nitrogen and oxygen atoms in total. The third-order valence-electron chi connectivity index (χ3n) is 4.80. The first kappa shape index (κ1) is 18.5. The van der Waals surface area contributed by atoms with Gasteiger partial charge in [-0.2, -0.15) is 10.1 Å². The van der Waals surface area contributed by atoms with E-state index in [-0.39, 0.29) is 11.7 Å². The molecule has 1 amide bonds. The fourth-order valence-electron chi connectivity index (χ4n) is 3.65. The van der Waals surface area contributed by atoms with Crippen LogP contribution in [-0.2, 0) is 19.6 Å². The second-order valence-corrected chi connectivity index (χ2v) is 7.85. The maximum atomic E-state index is 12.5. The van der Waals surface area contributed by atoms with E-state index in [2.05, 4.69) is 50.3 Å². The van der Waals surface area contributed by atoms with Crippen molar-refractivity contribution in [2.45, 2.75) is 47.3 Å². The van der Waals surface area contributed by atoms with Crippen LogP contribution in [0.2, 0.25) is 0 Å². The topological polar surface area (TPSA) is 93.2 Å². The predicted molar refractivity (Wildman–Crippen MR) is 104 cm³/mol. The molecular formula is C19H26N8O. The molecule has 3 aromatic heterocycles. The van der Waals surface area contributed by atoms with Crippen LogP contribution in [-0.4, -0.2) is 53.3 Å². The highest BCUT2D eigenvalue weighted by Gasteiger charge is 2.20. The maximum Gasteiger partial charge on any atom is 0.291 e. The molecule has 0 spiro atoms. The molecule has 1 N–H and O–H groups in total. The SMILES string of the molecule is Cc1cc(C)n2nc(C(=O)NCc3cc4n(n3)CCN(CC(C)C)C4)nc2n1. The van der Waals surface area contributed by atoms with Gasteiger partial charge in [-0.15, -0.1) is 5.10 Å². The Bertz CT molecular complexity index is 1020. The lowest BCUT2D eigenvalue weighted by molar-refractivity contribution is 0.0940. The van der Waals surface area contributed by atoms with E-state index in [0.717, 1.165) is 43.3 Å². The van der Waals surface area contributed by atoms with Crippen molar-refractivity contribution < 1.29 is 4.79 Å². The van der Waals surface area contributed by atoms with Gasteiger partial charge in [-0.25, -0.2) is 9.50 Å². The fourth-order valence-corrected chi connectivity index (χ4v) is 3.65. The first-order chi connectivity index (χ1) is 13.4.